The van der Waals surface area contributed by atoms with E-state index in [4.69, 9.17) is 9.47 Å². The van der Waals surface area contributed by atoms with Crippen molar-refractivity contribution < 1.29 is 40.7 Å². The summed E-state index contributed by atoms with van der Waals surface area (Å²) in [6.45, 7) is 4.44. The monoisotopic (exact) mass is 650 g/mol. The number of fused-ring (bicyclic) bond motifs is 1. The smallest absolute Gasteiger partial charge is 0.491 e. The van der Waals surface area contributed by atoms with E-state index in [0.717, 1.165) is 0 Å². The molecule has 1 amide bonds. The SMILES string of the molecule is CCOc1ccc2c(c1CN1CCNCC1)c(OC(=O)C(F)(F)F)c(C(=O)NCc1cccs1)n2S(=O)(=O)c1ccccc1. The molecule has 15 heteroatoms. The van der Waals surface area contributed by atoms with Crippen molar-refractivity contribution in [1.82, 2.24) is 19.5 Å². The first-order valence-corrected chi connectivity index (χ1v) is 16.0. The molecule has 2 aromatic carbocycles. The fourth-order valence-electron chi connectivity index (χ4n) is 4.97. The lowest BCUT2D eigenvalue weighted by atomic mass is 10.1. The first kappa shape index (κ1) is 31.5. The molecule has 4 aromatic rings. The van der Waals surface area contributed by atoms with Gasteiger partial charge in [-0.25, -0.2) is 17.2 Å². The number of thiophene rings is 1. The summed E-state index contributed by atoms with van der Waals surface area (Å²) in [5.74, 6) is -4.22. The molecule has 0 spiro atoms. The molecule has 1 aliphatic rings. The number of nitrogens with one attached hydrogen (secondary N) is 2. The minimum Gasteiger partial charge on any atom is -0.494 e. The average Bonchev–Trinajstić information content (AvgIpc) is 3.64. The number of nitrogens with zero attached hydrogens (tertiary/aromatic N) is 2. The Labute approximate surface area is 255 Å². The maximum atomic E-state index is 14.2. The fourth-order valence-corrected chi connectivity index (χ4v) is 7.14. The summed E-state index contributed by atoms with van der Waals surface area (Å²) in [7, 11) is -4.62. The first-order chi connectivity index (χ1) is 21.0. The lowest BCUT2D eigenvalue weighted by Gasteiger charge is -2.28. The van der Waals surface area contributed by atoms with Crippen LogP contribution in [-0.4, -0.2) is 68.1 Å². The Morgan fingerprint density at radius 3 is 2.41 bits per heavy atom. The number of ether oxygens (including phenoxy) is 2. The largest absolute Gasteiger partial charge is 0.494 e. The van der Waals surface area contributed by atoms with Crippen LogP contribution in [0, 0.1) is 0 Å². The quantitative estimate of drug-likeness (QED) is 0.246. The van der Waals surface area contributed by atoms with Gasteiger partial charge in [0.15, 0.2) is 11.4 Å². The molecule has 0 aliphatic carbocycles. The molecule has 0 saturated carbocycles. The minimum atomic E-state index is -5.44. The number of benzene rings is 2. The molecule has 0 bridgehead atoms. The van der Waals surface area contributed by atoms with Crippen LogP contribution in [0.2, 0.25) is 0 Å². The van der Waals surface area contributed by atoms with Gasteiger partial charge in [0.25, 0.3) is 15.9 Å². The van der Waals surface area contributed by atoms with E-state index in [2.05, 4.69) is 10.6 Å². The molecule has 1 fully saturated rings. The highest BCUT2D eigenvalue weighted by Crippen LogP contribution is 2.43. The third-order valence-corrected chi connectivity index (χ3v) is 9.53. The van der Waals surface area contributed by atoms with E-state index >= 15 is 0 Å². The van der Waals surface area contributed by atoms with Crippen LogP contribution in [0.25, 0.3) is 10.9 Å². The van der Waals surface area contributed by atoms with Gasteiger partial charge in [-0.3, -0.25) is 9.69 Å². The van der Waals surface area contributed by atoms with Crippen LogP contribution >= 0.6 is 11.3 Å². The van der Waals surface area contributed by atoms with Gasteiger partial charge in [-0.15, -0.1) is 11.3 Å². The van der Waals surface area contributed by atoms with Crippen molar-refractivity contribution >= 4 is 44.1 Å². The Morgan fingerprint density at radius 1 is 1.05 bits per heavy atom. The average molecular weight is 651 g/mol. The van der Waals surface area contributed by atoms with Crippen LogP contribution < -0.4 is 20.1 Å². The van der Waals surface area contributed by atoms with Crippen LogP contribution in [0.15, 0.2) is 64.9 Å². The Balaban J connectivity index is 1.82. The highest BCUT2D eigenvalue weighted by molar-refractivity contribution is 7.90. The topological polar surface area (TPSA) is 119 Å². The van der Waals surface area contributed by atoms with Gasteiger partial charge in [0.05, 0.1) is 29.0 Å². The van der Waals surface area contributed by atoms with Gasteiger partial charge >= 0.3 is 12.1 Å². The molecule has 234 valence electrons. The Hall–Kier alpha value is -3.92. The van der Waals surface area contributed by atoms with E-state index in [1.807, 2.05) is 4.90 Å². The molecular formula is C29H29F3N4O6S2. The molecule has 0 atom stereocenters. The van der Waals surface area contributed by atoms with Crippen molar-refractivity contribution in [2.75, 3.05) is 32.8 Å². The zero-order valence-corrected chi connectivity index (χ0v) is 25.2. The highest BCUT2D eigenvalue weighted by Gasteiger charge is 2.44. The minimum absolute atomic E-state index is 0.0477. The third-order valence-electron chi connectivity index (χ3n) is 6.93. The summed E-state index contributed by atoms with van der Waals surface area (Å²) >= 11 is 1.32. The first-order valence-electron chi connectivity index (χ1n) is 13.7. The molecular weight excluding hydrogens is 621 g/mol. The van der Waals surface area contributed by atoms with Gasteiger partial charge in [0.2, 0.25) is 0 Å². The van der Waals surface area contributed by atoms with E-state index < -0.39 is 39.5 Å². The van der Waals surface area contributed by atoms with Crippen molar-refractivity contribution in [2.24, 2.45) is 0 Å². The molecule has 0 radical (unpaired) electrons. The van der Waals surface area contributed by atoms with Crippen LogP contribution in [-0.2, 0) is 27.9 Å². The number of alkyl halides is 3. The third kappa shape index (κ3) is 6.45. The molecule has 1 aliphatic heterocycles. The summed E-state index contributed by atoms with van der Waals surface area (Å²) in [5, 5.41) is 7.43. The van der Waals surface area contributed by atoms with Crippen molar-refractivity contribution in [3.63, 3.8) is 0 Å². The summed E-state index contributed by atoms with van der Waals surface area (Å²) in [6, 6.07) is 13.5. The summed E-state index contributed by atoms with van der Waals surface area (Å²) in [4.78, 5) is 28.7. The number of carbonyl (C=O) groups excluding carboxylic acids is 2. The number of hydrogen-bond acceptors (Lipinski definition) is 9. The second kappa shape index (κ2) is 13.0. The zero-order chi connectivity index (χ0) is 31.5. The number of esters is 1. The van der Waals surface area contributed by atoms with E-state index in [0.29, 0.717) is 35.0 Å². The Kier molecular flexibility index (Phi) is 9.29. The van der Waals surface area contributed by atoms with Crippen molar-refractivity contribution in [3.05, 3.63) is 76.1 Å². The van der Waals surface area contributed by atoms with Gasteiger partial charge < -0.3 is 20.1 Å². The standard InChI is InChI=1S/C29H29F3N4O6S2/c1-2-41-23-11-10-22-24(21(23)18-35-14-12-33-13-15-35)26(42-28(38)29(30,31)32)25(27(37)34-17-19-7-6-16-43-19)36(22)44(39,40)20-8-4-3-5-9-20/h3-11,16,33H,2,12-15,17-18H2,1H3,(H,34,37). The number of amides is 1. The molecule has 1 saturated heterocycles. The van der Waals surface area contributed by atoms with Crippen molar-refractivity contribution in [3.8, 4) is 11.5 Å². The highest BCUT2D eigenvalue weighted by atomic mass is 32.2. The summed E-state index contributed by atoms with van der Waals surface area (Å²) in [6.07, 6.45) is -5.44. The van der Waals surface area contributed by atoms with E-state index in [1.165, 1.54) is 47.7 Å². The number of carbonyl (C=O) groups is 2. The second-order valence-electron chi connectivity index (χ2n) is 9.81. The number of halogens is 3. The van der Waals surface area contributed by atoms with Gasteiger partial charge in [-0.1, -0.05) is 24.3 Å². The fraction of sp³-hybridized carbons (Fsp3) is 0.310. The molecule has 0 unspecified atom stereocenters. The van der Waals surface area contributed by atoms with Gasteiger partial charge in [-0.05, 0) is 42.6 Å². The van der Waals surface area contributed by atoms with Gasteiger partial charge in [-0.2, -0.15) is 13.2 Å². The van der Waals surface area contributed by atoms with E-state index in [-0.39, 0.29) is 46.8 Å². The maximum absolute atomic E-state index is 14.2. The van der Waals surface area contributed by atoms with Crippen LogP contribution in [0.1, 0.15) is 27.9 Å². The lowest BCUT2D eigenvalue weighted by Crippen LogP contribution is -2.43. The Morgan fingerprint density at radius 2 is 1.77 bits per heavy atom. The predicted molar refractivity (Wildman–Crippen MR) is 157 cm³/mol. The summed E-state index contributed by atoms with van der Waals surface area (Å²) in [5.41, 5.74) is -0.632. The molecule has 44 heavy (non-hydrogen) atoms. The number of piperazine rings is 1. The van der Waals surface area contributed by atoms with Crippen molar-refractivity contribution in [2.45, 2.75) is 31.1 Å². The van der Waals surface area contributed by atoms with Gasteiger partial charge in [0.1, 0.15) is 5.75 Å². The number of hydrogen-bond donors (Lipinski definition) is 2. The Bertz CT molecular complexity index is 1750. The van der Waals surface area contributed by atoms with Crippen LogP contribution in [0.5, 0.6) is 11.5 Å². The van der Waals surface area contributed by atoms with E-state index in [1.54, 1.807) is 30.5 Å². The molecule has 2 aromatic heterocycles. The molecule has 2 N–H and O–H groups in total. The summed E-state index contributed by atoms with van der Waals surface area (Å²) < 4.78 is 80.7. The lowest BCUT2D eigenvalue weighted by molar-refractivity contribution is -0.189. The predicted octanol–water partition coefficient (Wildman–Crippen LogP) is 4.14. The van der Waals surface area contributed by atoms with E-state index in [9.17, 15) is 31.2 Å². The number of aromatic nitrogens is 1. The second-order valence-corrected chi connectivity index (χ2v) is 12.6. The van der Waals surface area contributed by atoms with Crippen LogP contribution in [0.3, 0.4) is 0 Å². The van der Waals surface area contributed by atoms with Crippen LogP contribution in [0.4, 0.5) is 13.2 Å². The molecule has 3 heterocycles. The van der Waals surface area contributed by atoms with Crippen molar-refractivity contribution in [1.29, 1.82) is 0 Å². The molecule has 5 rings (SSSR count). The van der Waals surface area contributed by atoms with Gasteiger partial charge in [0, 0.05) is 43.2 Å². The normalized spacial score (nSPS) is 14.5. The number of rotatable bonds is 10. The maximum Gasteiger partial charge on any atom is 0.491 e. The molecule has 10 nitrogen and oxygen atoms in total. The zero-order valence-electron chi connectivity index (χ0n) is 23.5.